The molecule has 4 heteroatoms. The van der Waals surface area contributed by atoms with Crippen molar-refractivity contribution in [3.8, 4) is 0 Å². The van der Waals surface area contributed by atoms with E-state index in [9.17, 15) is 4.39 Å². The molecule has 3 nitrogen and oxygen atoms in total. The zero-order valence-corrected chi connectivity index (χ0v) is 12.6. The Morgan fingerprint density at radius 3 is 2.55 bits per heavy atom. The Balaban J connectivity index is 2.08. The summed E-state index contributed by atoms with van der Waals surface area (Å²) in [6.45, 7) is 5.83. The lowest BCUT2D eigenvalue weighted by Gasteiger charge is -2.13. The van der Waals surface area contributed by atoms with Crippen LogP contribution in [0.25, 0.3) is 0 Å². The van der Waals surface area contributed by atoms with Crippen LogP contribution in [-0.4, -0.2) is 9.78 Å². The molecule has 0 radical (unpaired) electrons. The molecule has 20 heavy (non-hydrogen) atoms. The van der Waals surface area contributed by atoms with Gasteiger partial charge in [-0.1, -0.05) is 12.1 Å². The van der Waals surface area contributed by atoms with Crippen molar-refractivity contribution in [1.29, 1.82) is 0 Å². The maximum absolute atomic E-state index is 13.6. The SMILES string of the molecule is Cc1ccc(C(N)CCc2c(C)nn(C)c2C)cc1F. The van der Waals surface area contributed by atoms with E-state index in [1.54, 1.807) is 19.1 Å². The molecule has 1 aromatic carbocycles. The molecule has 0 bridgehead atoms. The fourth-order valence-corrected chi connectivity index (χ4v) is 2.49. The molecule has 1 heterocycles. The predicted molar refractivity (Wildman–Crippen MR) is 79.1 cm³/mol. The Bertz CT molecular complexity index is 616. The molecule has 108 valence electrons. The summed E-state index contributed by atoms with van der Waals surface area (Å²) in [7, 11) is 1.95. The lowest BCUT2D eigenvalue weighted by molar-refractivity contribution is 0.601. The maximum atomic E-state index is 13.6. The van der Waals surface area contributed by atoms with Crippen LogP contribution in [0, 0.1) is 26.6 Å². The highest BCUT2D eigenvalue weighted by Gasteiger charge is 2.13. The van der Waals surface area contributed by atoms with E-state index < -0.39 is 0 Å². The summed E-state index contributed by atoms with van der Waals surface area (Å²) in [6.07, 6.45) is 1.65. The van der Waals surface area contributed by atoms with Crippen LogP contribution in [0.1, 0.15) is 40.5 Å². The van der Waals surface area contributed by atoms with Crippen molar-refractivity contribution in [2.45, 2.75) is 39.7 Å². The van der Waals surface area contributed by atoms with Crippen molar-refractivity contribution in [2.24, 2.45) is 12.8 Å². The monoisotopic (exact) mass is 275 g/mol. The molecule has 0 saturated heterocycles. The van der Waals surface area contributed by atoms with E-state index >= 15 is 0 Å². The Morgan fingerprint density at radius 1 is 1.30 bits per heavy atom. The molecule has 0 spiro atoms. The number of aromatic nitrogens is 2. The quantitative estimate of drug-likeness (QED) is 0.931. The molecule has 0 amide bonds. The molecule has 0 aliphatic rings. The number of benzene rings is 1. The number of nitrogens with zero attached hydrogens (tertiary/aromatic N) is 2. The second-order valence-electron chi connectivity index (χ2n) is 5.43. The maximum Gasteiger partial charge on any atom is 0.126 e. The lowest BCUT2D eigenvalue weighted by atomic mass is 9.98. The van der Waals surface area contributed by atoms with Gasteiger partial charge in [0.05, 0.1) is 5.69 Å². The second-order valence-corrected chi connectivity index (χ2v) is 5.43. The van der Waals surface area contributed by atoms with Gasteiger partial charge >= 0.3 is 0 Å². The first-order valence-corrected chi connectivity index (χ1v) is 6.91. The zero-order valence-electron chi connectivity index (χ0n) is 12.6. The molecule has 2 N–H and O–H groups in total. The van der Waals surface area contributed by atoms with Crippen LogP contribution in [0.5, 0.6) is 0 Å². The van der Waals surface area contributed by atoms with Crippen molar-refractivity contribution in [1.82, 2.24) is 9.78 Å². The van der Waals surface area contributed by atoms with Crippen LogP contribution >= 0.6 is 0 Å². The van der Waals surface area contributed by atoms with Gasteiger partial charge in [0.2, 0.25) is 0 Å². The Morgan fingerprint density at radius 2 is 2.00 bits per heavy atom. The summed E-state index contributed by atoms with van der Waals surface area (Å²) in [5, 5.41) is 4.40. The summed E-state index contributed by atoms with van der Waals surface area (Å²) < 4.78 is 15.5. The summed E-state index contributed by atoms with van der Waals surface area (Å²) in [5.41, 5.74) is 11.1. The van der Waals surface area contributed by atoms with Crippen LogP contribution in [0.4, 0.5) is 4.39 Å². The van der Waals surface area contributed by atoms with E-state index in [-0.39, 0.29) is 11.9 Å². The number of halogens is 1. The number of nitrogens with two attached hydrogens (primary N) is 1. The third kappa shape index (κ3) is 2.90. The number of rotatable bonds is 4. The largest absolute Gasteiger partial charge is 0.324 e. The first-order valence-electron chi connectivity index (χ1n) is 6.91. The van der Waals surface area contributed by atoms with E-state index in [0.717, 1.165) is 24.1 Å². The topological polar surface area (TPSA) is 43.8 Å². The normalized spacial score (nSPS) is 12.7. The molecule has 2 rings (SSSR count). The standard InChI is InChI=1S/C16H22FN3/c1-10-5-6-13(9-15(10)17)16(18)8-7-14-11(2)19-20(4)12(14)3/h5-6,9,16H,7-8,18H2,1-4H3. The molecule has 1 atom stereocenters. The number of aryl methyl sites for hydroxylation is 3. The van der Waals surface area contributed by atoms with Crippen LogP contribution in [-0.2, 0) is 13.5 Å². The van der Waals surface area contributed by atoms with Gasteiger partial charge in [-0.05, 0) is 56.4 Å². The predicted octanol–water partition coefficient (Wildman–Crippen LogP) is 3.12. The summed E-state index contributed by atoms with van der Waals surface area (Å²) in [6, 6.07) is 5.09. The van der Waals surface area contributed by atoms with Crippen molar-refractivity contribution in [2.75, 3.05) is 0 Å². The van der Waals surface area contributed by atoms with Gasteiger partial charge in [-0.15, -0.1) is 0 Å². The Hall–Kier alpha value is -1.68. The van der Waals surface area contributed by atoms with Crippen LogP contribution in [0.2, 0.25) is 0 Å². The van der Waals surface area contributed by atoms with Gasteiger partial charge in [0.1, 0.15) is 5.82 Å². The minimum Gasteiger partial charge on any atom is -0.324 e. The Labute approximate surface area is 119 Å². The number of hydrogen-bond acceptors (Lipinski definition) is 2. The fraction of sp³-hybridized carbons (Fsp3) is 0.438. The van der Waals surface area contributed by atoms with Crippen molar-refractivity contribution < 1.29 is 4.39 Å². The van der Waals surface area contributed by atoms with Crippen LogP contribution < -0.4 is 5.73 Å². The molecular weight excluding hydrogens is 253 g/mol. The lowest BCUT2D eigenvalue weighted by Crippen LogP contribution is -2.12. The van der Waals surface area contributed by atoms with Crippen LogP contribution in [0.15, 0.2) is 18.2 Å². The highest BCUT2D eigenvalue weighted by Crippen LogP contribution is 2.21. The first kappa shape index (κ1) is 14.7. The smallest absolute Gasteiger partial charge is 0.126 e. The van der Waals surface area contributed by atoms with Gasteiger partial charge < -0.3 is 5.73 Å². The van der Waals surface area contributed by atoms with Crippen molar-refractivity contribution in [3.63, 3.8) is 0 Å². The molecular formula is C16H22FN3. The van der Waals surface area contributed by atoms with Crippen molar-refractivity contribution >= 4 is 0 Å². The summed E-state index contributed by atoms with van der Waals surface area (Å²) in [4.78, 5) is 0. The average Bonchev–Trinajstić information content (AvgIpc) is 2.64. The van der Waals surface area contributed by atoms with E-state index in [4.69, 9.17) is 5.73 Å². The van der Waals surface area contributed by atoms with Gasteiger partial charge in [-0.25, -0.2) is 4.39 Å². The first-order chi connectivity index (χ1) is 9.40. The van der Waals surface area contributed by atoms with Gasteiger partial charge in [0, 0.05) is 18.8 Å². The molecule has 0 saturated carbocycles. The van der Waals surface area contributed by atoms with E-state index in [1.807, 2.05) is 24.7 Å². The average molecular weight is 275 g/mol. The van der Waals surface area contributed by atoms with Crippen LogP contribution in [0.3, 0.4) is 0 Å². The van der Waals surface area contributed by atoms with Gasteiger partial charge in [0.25, 0.3) is 0 Å². The highest BCUT2D eigenvalue weighted by molar-refractivity contribution is 5.27. The van der Waals surface area contributed by atoms with Gasteiger partial charge in [-0.2, -0.15) is 5.10 Å². The fourth-order valence-electron chi connectivity index (χ4n) is 2.49. The highest BCUT2D eigenvalue weighted by atomic mass is 19.1. The third-order valence-corrected chi connectivity index (χ3v) is 3.99. The summed E-state index contributed by atoms with van der Waals surface area (Å²) in [5.74, 6) is -0.188. The summed E-state index contributed by atoms with van der Waals surface area (Å²) >= 11 is 0. The van der Waals surface area contributed by atoms with Crippen molar-refractivity contribution in [3.05, 3.63) is 52.1 Å². The zero-order chi connectivity index (χ0) is 14.9. The molecule has 0 fully saturated rings. The molecule has 1 aromatic heterocycles. The second kappa shape index (κ2) is 5.75. The number of hydrogen-bond donors (Lipinski definition) is 1. The van der Waals surface area contributed by atoms with E-state index in [1.165, 1.54) is 11.3 Å². The van der Waals surface area contributed by atoms with E-state index in [0.29, 0.717) is 5.56 Å². The Kier molecular flexibility index (Phi) is 4.23. The van der Waals surface area contributed by atoms with E-state index in [2.05, 4.69) is 12.0 Å². The van der Waals surface area contributed by atoms with Gasteiger partial charge in [0.15, 0.2) is 0 Å². The molecule has 0 aliphatic heterocycles. The molecule has 1 unspecified atom stereocenters. The third-order valence-electron chi connectivity index (χ3n) is 3.99. The minimum atomic E-state index is -0.188. The molecule has 0 aliphatic carbocycles. The minimum absolute atomic E-state index is 0.149. The van der Waals surface area contributed by atoms with Gasteiger partial charge in [-0.3, -0.25) is 4.68 Å². The molecule has 2 aromatic rings.